The highest BCUT2D eigenvalue weighted by atomic mass is 16.5. The summed E-state index contributed by atoms with van der Waals surface area (Å²) < 4.78 is 13.3. The third-order valence-electron chi connectivity index (χ3n) is 5.79. The summed E-state index contributed by atoms with van der Waals surface area (Å²) in [7, 11) is 1.63. The summed E-state index contributed by atoms with van der Waals surface area (Å²) in [6, 6.07) is 21.3. The van der Waals surface area contributed by atoms with E-state index in [-0.39, 0.29) is 11.0 Å². The molecular formula is C28H30N2O3. The molecule has 1 aromatic heterocycles. The second-order valence-corrected chi connectivity index (χ2v) is 9.19. The number of methoxy groups -OCH3 is 1. The molecule has 0 atom stereocenters. The minimum absolute atomic E-state index is 0.0447. The van der Waals surface area contributed by atoms with E-state index in [2.05, 4.69) is 45.9 Å². The molecule has 5 heteroatoms. The quantitative estimate of drug-likeness (QED) is 0.381. The van der Waals surface area contributed by atoms with Gasteiger partial charge in [0.15, 0.2) is 0 Å². The molecule has 0 spiro atoms. The lowest BCUT2D eigenvalue weighted by Gasteiger charge is -2.24. The van der Waals surface area contributed by atoms with Crippen molar-refractivity contribution in [1.29, 1.82) is 0 Å². The van der Waals surface area contributed by atoms with Gasteiger partial charge in [0.25, 0.3) is 5.56 Å². The van der Waals surface area contributed by atoms with Gasteiger partial charge in [-0.1, -0.05) is 51.1 Å². The number of nitrogens with zero attached hydrogens (tertiary/aromatic N) is 2. The van der Waals surface area contributed by atoms with Crippen LogP contribution in [0.1, 0.15) is 31.9 Å². The summed E-state index contributed by atoms with van der Waals surface area (Å²) in [4.78, 5) is 18.3. The Kier molecular flexibility index (Phi) is 6.23. The van der Waals surface area contributed by atoms with Crippen molar-refractivity contribution >= 4 is 10.9 Å². The molecule has 0 radical (unpaired) electrons. The zero-order valence-electron chi connectivity index (χ0n) is 19.9. The largest absolute Gasteiger partial charge is 0.497 e. The Balaban J connectivity index is 1.72. The van der Waals surface area contributed by atoms with Crippen molar-refractivity contribution in [3.8, 4) is 22.9 Å². The summed E-state index contributed by atoms with van der Waals surface area (Å²) >= 11 is 0. The number of benzene rings is 3. The lowest BCUT2D eigenvalue weighted by Crippen LogP contribution is -2.26. The van der Waals surface area contributed by atoms with Gasteiger partial charge in [-0.25, -0.2) is 4.98 Å². The second kappa shape index (κ2) is 9.10. The van der Waals surface area contributed by atoms with Crippen LogP contribution in [-0.4, -0.2) is 23.3 Å². The minimum Gasteiger partial charge on any atom is -0.497 e. The second-order valence-electron chi connectivity index (χ2n) is 9.19. The van der Waals surface area contributed by atoms with Gasteiger partial charge in [-0.05, 0) is 59.9 Å². The van der Waals surface area contributed by atoms with Gasteiger partial charge in [0, 0.05) is 5.56 Å². The smallest absolute Gasteiger partial charge is 0.261 e. The zero-order valence-corrected chi connectivity index (χ0v) is 19.9. The van der Waals surface area contributed by atoms with Crippen LogP contribution in [0.15, 0.2) is 71.5 Å². The van der Waals surface area contributed by atoms with Crippen LogP contribution in [0, 0.1) is 6.92 Å². The fourth-order valence-electron chi connectivity index (χ4n) is 4.01. The molecule has 0 amide bonds. The molecule has 0 unspecified atom stereocenters. The number of hydrogen-bond acceptors (Lipinski definition) is 4. The summed E-state index contributed by atoms with van der Waals surface area (Å²) in [6.45, 7) is 9.32. The van der Waals surface area contributed by atoms with Gasteiger partial charge >= 0.3 is 0 Å². The number of aryl methyl sites for hydroxylation is 1. The normalized spacial score (nSPS) is 11.5. The predicted octanol–water partition coefficient (Wildman–Crippen LogP) is 5.76. The topological polar surface area (TPSA) is 53.3 Å². The Morgan fingerprint density at radius 2 is 1.67 bits per heavy atom. The molecule has 170 valence electrons. The van der Waals surface area contributed by atoms with Crippen LogP contribution < -0.4 is 15.0 Å². The van der Waals surface area contributed by atoms with Crippen LogP contribution in [0.5, 0.6) is 11.5 Å². The van der Waals surface area contributed by atoms with Crippen LogP contribution in [0.2, 0.25) is 0 Å². The lowest BCUT2D eigenvalue weighted by molar-refractivity contribution is 0.287. The molecule has 4 rings (SSSR count). The van der Waals surface area contributed by atoms with Gasteiger partial charge in [0.2, 0.25) is 0 Å². The Morgan fingerprint density at radius 3 is 2.36 bits per heavy atom. The van der Waals surface area contributed by atoms with Crippen LogP contribution in [0.25, 0.3) is 22.3 Å². The molecule has 0 saturated heterocycles. The van der Waals surface area contributed by atoms with Gasteiger partial charge in [-0.15, -0.1) is 0 Å². The molecule has 0 bridgehead atoms. The summed E-state index contributed by atoms with van der Waals surface area (Å²) in [5.41, 5.74) is 3.65. The van der Waals surface area contributed by atoms with Crippen molar-refractivity contribution in [3.63, 3.8) is 0 Å². The molecule has 3 aromatic carbocycles. The van der Waals surface area contributed by atoms with Crippen LogP contribution in [-0.2, 0) is 12.0 Å². The van der Waals surface area contributed by atoms with E-state index < -0.39 is 0 Å². The van der Waals surface area contributed by atoms with E-state index in [4.69, 9.17) is 14.5 Å². The van der Waals surface area contributed by atoms with E-state index in [0.717, 1.165) is 28.2 Å². The number of aromatic nitrogens is 2. The number of rotatable bonds is 6. The van der Waals surface area contributed by atoms with Gasteiger partial charge in [0.1, 0.15) is 23.9 Å². The third-order valence-corrected chi connectivity index (χ3v) is 5.79. The Hall–Kier alpha value is -3.60. The van der Waals surface area contributed by atoms with Gasteiger partial charge < -0.3 is 9.47 Å². The standard InChI is InChI=1S/C28H30N2O3/c1-19-9-8-11-23(28(2,3)4)25(19)33-18-17-30-26(20-13-15-21(32-5)16-14-20)29-24-12-7-6-10-22(24)27(30)31/h6-16H,17-18H2,1-5H3. The zero-order chi connectivity index (χ0) is 23.6. The minimum atomic E-state index is -0.0733. The molecular weight excluding hydrogens is 412 g/mol. The molecule has 0 fully saturated rings. The van der Waals surface area contributed by atoms with Gasteiger partial charge in [0.05, 0.1) is 24.6 Å². The van der Waals surface area contributed by atoms with Crippen molar-refractivity contribution in [3.05, 3.63) is 88.2 Å². The molecule has 33 heavy (non-hydrogen) atoms. The first-order valence-corrected chi connectivity index (χ1v) is 11.2. The first-order chi connectivity index (χ1) is 15.8. The number of para-hydroxylation sites is 2. The highest BCUT2D eigenvalue weighted by Gasteiger charge is 2.20. The SMILES string of the molecule is COc1ccc(-c2nc3ccccc3c(=O)n2CCOc2c(C)cccc2C(C)(C)C)cc1. The molecule has 0 N–H and O–H groups in total. The summed E-state index contributed by atoms with van der Waals surface area (Å²) in [6.07, 6.45) is 0. The Labute approximate surface area is 194 Å². The van der Waals surface area contributed by atoms with E-state index in [1.54, 1.807) is 11.7 Å². The van der Waals surface area contributed by atoms with E-state index in [1.807, 2.05) is 48.5 Å². The van der Waals surface area contributed by atoms with Crippen molar-refractivity contribution in [2.24, 2.45) is 0 Å². The Bertz CT molecular complexity index is 1330. The van der Waals surface area contributed by atoms with E-state index >= 15 is 0 Å². The molecule has 0 saturated carbocycles. The fraction of sp³-hybridized carbons (Fsp3) is 0.286. The lowest BCUT2D eigenvalue weighted by atomic mass is 9.85. The van der Waals surface area contributed by atoms with E-state index in [9.17, 15) is 4.79 Å². The maximum absolute atomic E-state index is 13.4. The predicted molar refractivity (Wildman–Crippen MR) is 133 cm³/mol. The highest BCUT2D eigenvalue weighted by Crippen LogP contribution is 2.33. The fourth-order valence-corrected chi connectivity index (χ4v) is 4.01. The van der Waals surface area contributed by atoms with Crippen molar-refractivity contribution in [1.82, 2.24) is 9.55 Å². The van der Waals surface area contributed by atoms with Crippen molar-refractivity contribution in [2.45, 2.75) is 39.7 Å². The van der Waals surface area contributed by atoms with Crippen molar-refractivity contribution < 1.29 is 9.47 Å². The molecule has 0 aliphatic heterocycles. The van der Waals surface area contributed by atoms with Crippen LogP contribution in [0.3, 0.4) is 0 Å². The number of ether oxygens (including phenoxy) is 2. The first kappa shape index (κ1) is 22.6. The maximum atomic E-state index is 13.4. The third kappa shape index (κ3) is 4.63. The first-order valence-electron chi connectivity index (χ1n) is 11.2. The molecule has 1 heterocycles. The molecule has 4 aromatic rings. The number of hydrogen-bond donors (Lipinski definition) is 0. The summed E-state index contributed by atoms with van der Waals surface area (Å²) in [5.74, 6) is 2.26. The monoisotopic (exact) mass is 442 g/mol. The molecule has 5 nitrogen and oxygen atoms in total. The van der Waals surface area contributed by atoms with E-state index in [0.29, 0.717) is 29.9 Å². The molecule has 0 aliphatic rings. The van der Waals surface area contributed by atoms with Gasteiger partial charge in [-0.2, -0.15) is 0 Å². The molecule has 0 aliphatic carbocycles. The maximum Gasteiger partial charge on any atom is 0.261 e. The van der Waals surface area contributed by atoms with Crippen molar-refractivity contribution in [2.75, 3.05) is 13.7 Å². The van der Waals surface area contributed by atoms with Gasteiger partial charge in [-0.3, -0.25) is 9.36 Å². The van der Waals surface area contributed by atoms with Crippen LogP contribution in [0.4, 0.5) is 0 Å². The average Bonchev–Trinajstić information content (AvgIpc) is 2.80. The van der Waals surface area contributed by atoms with Crippen LogP contribution >= 0.6 is 0 Å². The Morgan fingerprint density at radius 1 is 0.939 bits per heavy atom. The highest BCUT2D eigenvalue weighted by molar-refractivity contribution is 5.79. The van der Waals surface area contributed by atoms with E-state index in [1.165, 1.54) is 0 Å². The number of fused-ring (bicyclic) bond motifs is 1. The summed E-state index contributed by atoms with van der Waals surface area (Å²) in [5, 5.41) is 0.598. The average molecular weight is 443 g/mol.